The molecule has 0 amide bonds. The van der Waals surface area contributed by atoms with E-state index in [1.165, 1.54) is 7.11 Å². The summed E-state index contributed by atoms with van der Waals surface area (Å²) in [5.74, 6) is -1.60. The van der Waals surface area contributed by atoms with Gasteiger partial charge in [-0.2, -0.15) is 13.2 Å². The molecule has 3 nitrogen and oxygen atoms in total. The summed E-state index contributed by atoms with van der Waals surface area (Å²) < 4.78 is 46.2. The van der Waals surface area contributed by atoms with E-state index in [1.54, 1.807) is 6.92 Å². The second kappa shape index (κ2) is 6.21. The highest BCUT2D eigenvalue weighted by Gasteiger charge is 2.38. The van der Waals surface area contributed by atoms with Gasteiger partial charge in [0.05, 0.1) is 25.2 Å². The summed E-state index contributed by atoms with van der Waals surface area (Å²) in [5.41, 5.74) is 4.99. The van der Waals surface area contributed by atoms with Gasteiger partial charge in [0.2, 0.25) is 0 Å². The van der Waals surface area contributed by atoms with Crippen molar-refractivity contribution in [2.45, 2.75) is 19.2 Å². The Labute approximate surface area is 81.4 Å². The van der Waals surface area contributed by atoms with E-state index in [0.29, 0.717) is 0 Å². The molecule has 0 aromatic heterocycles. The minimum atomic E-state index is -4.29. The SMILES string of the molecule is COCC(C)OCC(CN)C(F)(F)F. The zero-order chi connectivity index (χ0) is 11.2. The molecule has 6 heteroatoms. The Hall–Kier alpha value is -0.330. The van der Waals surface area contributed by atoms with Crippen molar-refractivity contribution >= 4 is 0 Å². The average Bonchev–Trinajstić information content (AvgIpc) is 2.03. The topological polar surface area (TPSA) is 44.5 Å². The summed E-state index contributed by atoms with van der Waals surface area (Å²) in [6, 6.07) is 0. The number of hydrogen-bond acceptors (Lipinski definition) is 3. The summed E-state index contributed by atoms with van der Waals surface area (Å²) in [7, 11) is 1.46. The largest absolute Gasteiger partial charge is 0.395 e. The standard InChI is InChI=1S/C8H16F3NO2/c1-6(4-13-2)14-5-7(3-12)8(9,10)11/h6-7H,3-5,12H2,1-2H3. The van der Waals surface area contributed by atoms with E-state index in [1.807, 2.05) is 0 Å². The van der Waals surface area contributed by atoms with Crippen molar-refractivity contribution in [3.8, 4) is 0 Å². The van der Waals surface area contributed by atoms with E-state index in [0.717, 1.165) is 0 Å². The fourth-order valence-electron chi connectivity index (χ4n) is 0.859. The summed E-state index contributed by atoms with van der Waals surface area (Å²) in [6.45, 7) is 1.05. The molecule has 0 heterocycles. The minimum Gasteiger partial charge on any atom is -0.382 e. The van der Waals surface area contributed by atoms with Gasteiger partial charge in [0.1, 0.15) is 0 Å². The molecular weight excluding hydrogens is 199 g/mol. The van der Waals surface area contributed by atoms with Crippen LogP contribution in [0.1, 0.15) is 6.92 Å². The normalized spacial score (nSPS) is 16.7. The smallest absolute Gasteiger partial charge is 0.382 e. The van der Waals surface area contributed by atoms with Gasteiger partial charge in [0, 0.05) is 13.7 Å². The maximum absolute atomic E-state index is 12.2. The molecule has 0 aliphatic rings. The van der Waals surface area contributed by atoms with Crippen LogP contribution in [-0.4, -0.2) is 39.1 Å². The lowest BCUT2D eigenvalue weighted by Crippen LogP contribution is -2.35. The second-order valence-corrected chi connectivity index (χ2v) is 3.07. The molecule has 2 atom stereocenters. The van der Waals surface area contributed by atoms with E-state index in [2.05, 4.69) is 0 Å². The lowest BCUT2D eigenvalue weighted by molar-refractivity contribution is -0.190. The molecule has 0 aromatic carbocycles. The first kappa shape index (κ1) is 13.7. The van der Waals surface area contributed by atoms with Crippen molar-refractivity contribution in [1.82, 2.24) is 0 Å². The zero-order valence-corrected chi connectivity index (χ0v) is 8.30. The Balaban J connectivity index is 3.84. The average molecular weight is 215 g/mol. The Morgan fingerprint density at radius 3 is 2.21 bits per heavy atom. The summed E-state index contributed by atoms with van der Waals surface area (Å²) in [5, 5.41) is 0. The first-order chi connectivity index (χ1) is 6.41. The van der Waals surface area contributed by atoms with Crippen LogP contribution in [-0.2, 0) is 9.47 Å². The lowest BCUT2D eigenvalue weighted by Gasteiger charge is -2.20. The quantitative estimate of drug-likeness (QED) is 0.723. The number of rotatable bonds is 6. The third-order valence-corrected chi connectivity index (χ3v) is 1.73. The zero-order valence-electron chi connectivity index (χ0n) is 8.30. The van der Waals surface area contributed by atoms with Crippen LogP contribution in [0.15, 0.2) is 0 Å². The van der Waals surface area contributed by atoms with Gasteiger partial charge in [-0.25, -0.2) is 0 Å². The van der Waals surface area contributed by atoms with E-state index in [-0.39, 0.29) is 12.7 Å². The fraction of sp³-hybridized carbons (Fsp3) is 1.00. The second-order valence-electron chi connectivity index (χ2n) is 3.07. The number of hydrogen-bond donors (Lipinski definition) is 1. The highest BCUT2D eigenvalue weighted by atomic mass is 19.4. The van der Waals surface area contributed by atoms with E-state index in [4.69, 9.17) is 15.2 Å². The number of halogens is 3. The van der Waals surface area contributed by atoms with Crippen LogP contribution in [0.2, 0.25) is 0 Å². The van der Waals surface area contributed by atoms with Crippen molar-refractivity contribution in [3.05, 3.63) is 0 Å². The molecule has 0 rings (SSSR count). The number of alkyl halides is 3. The molecule has 0 aliphatic carbocycles. The predicted molar refractivity (Wildman–Crippen MR) is 45.9 cm³/mol. The minimum absolute atomic E-state index is 0.273. The molecule has 0 aliphatic heterocycles. The van der Waals surface area contributed by atoms with Crippen molar-refractivity contribution in [2.24, 2.45) is 11.7 Å². The Bertz CT molecular complexity index is 152. The molecule has 0 saturated heterocycles. The van der Waals surface area contributed by atoms with Crippen LogP contribution in [0.3, 0.4) is 0 Å². The molecule has 2 unspecified atom stereocenters. The highest BCUT2D eigenvalue weighted by Crippen LogP contribution is 2.25. The van der Waals surface area contributed by atoms with Gasteiger partial charge in [-0.05, 0) is 6.92 Å². The van der Waals surface area contributed by atoms with Crippen LogP contribution in [0.5, 0.6) is 0 Å². The molecule has 0 saturated carbocycles. The first-order valence-electron chi connectivity index (χ1n) is 4.29. The molecule has 0 spiro atoms. The van der Waals surface area contributed by atoms with E-state index >= 15 is 0 Å². The van der Waals surface area contributed by atoms with Crippen molar-refractivity contribution < 1.29 is 22.6 Å². The van der Waals surface area contributed by atoms with Gasteiger partial charge in [0.25, 0.3) is 0 Å². The van der Waals surface area contributed by atoms with E-state index in [9.17, 15) is 13.2 Å². The molecule has 0 aromatic rings. The highest BCUT2D eigenvalue weighted by molar-refractivity contribution is 4.68. The number of ether oxygens (including phenoxy) is 2. The first-order valence-corrected chi connectivity index (χ1v) is 4.29. The van der Waals surface area contributed by atoms with Gasteiger partial charge in [-0.3, -0.25) is 0 Å². The Morgan fingerprint density at radius 1 is 1.29 bits per heavy atom. The molecule has 86 valence electrons. The molecule has 14 heavy (non-hydrogen) atoms. The van der Waals surface area contributed by atoms with Crippen LogP contribution in [0, 0.1) is 5.92 Å². The van der Waals surface area contributed by atoms with Crippen LogP contribution in [0.25, 0.3) is 0 Å². The van der Waals surface area contributed by atoms with Gasteiger partial charge < -0.3 is 15.2 Å². The molecule has 2 N–H and O–H groups in total. The van der Waals surface area contributed by atoms with Gasteiger partial charge in [-0.1, -0.05) is 0 Å². The molecule has 0 fully saturated rings. The lowest BCUT2D eigenvalue weighted by atomic mass is 10.1. The van der Waals surface area contributed by atoms with Crippen LogP contribution < -0.4 is 5.73 Å². The van der Waals surface area contributed by atoms with Gasteiger partial charge in [-0.15, -0.1) is 0 Å². The van der Waals surface area contributed by atoms with Crippen molar-refractivity contribution in [1.29, 1.82) is 0 Å². The Morgan fingerprint density at radius 2 is 1.86 bits per heavy atom. The summed E-state index contributed by atoms with van der Waals surface area (Å²) in [4.78, 5) is 0. The fourth-order valence-corrected chi connectivity index (χ4v) is 0.859. The monoisotopic (exact) mass is 215 g/mol. The maximum atomic E-state index is 12.2. The molecule has 0 radical (unpaired) electrons. The third-order valence-electron chi connectivity index (χ3n) is 1.73. The van der Waals surface area contributed by atoms with Crippen LogP contribution in [0.4, 0.5) is 13.2 Å². The van der Waals surface area contributed by atoms with Crippen LogP contribution >= 0.6 is 0 Å². The Kier molecular flexibility index (Phi) is 6.06. The third kappa shape index (κ3) is 5.41. The maximum Gasteiger partial charge on any atom is 0.395 e. The molecule has 0 bridgehead atoms. The predicted octanol–water partition coefficient (Wildman–Crippen LogP) is 1.18. The van der Waals surface area contributed by atoms with Crippen molar-refractivity contribution in [3.63, 3.8) is 0 Å². The number of methoxy groups -OCH3 is 1. The van der Waals surface area contributed by atoms with Gasteiger partial charge >= 0.3 is 6.18 Å². The van der Waals surface area contributed by atoms with Gasteiger partial charge in [0.15, 0.2) is 0 Å². The van der Waals surface area contributed by atoms with E-state index < -0.39 is 25.2 Å². The molecular formula is C8H16F3NO2. The van der Waals surface area contributed by atoms with Crippen molar-refractivity contribution in [2.75, 3.05) is 26.9 Å². The number of nitrogens with two attached hydrogens (primary N) is 1. The summed E-state index contributed by atoms with van der Waals surface area (Å²) in [6.07, 6.45) is -4.64. The summed E-state index contributed by atoms with van der Waals surface area (Å²) >= 11 is 0.